The van der Waals surface area contributed by atoms with E-state index in [0.29, 0.717) is 11.5 Å². The van der Waals surface area contributed by atoms with Crippen LogP contribution in [0.4, 0.5) is 9.59 Å². The van der Waals surface area contributed by atoms with Gasteiger partial charge in [-0.05, 0) is 36.8 Å². The SMILES string of the molecule is CC(c1ccccc1)N(OC(=O)Oc1ccccc1)C(=O)Oc1ccccc1. The largest absolute Gasteiger partial charge is 0.539 e. The fourth-order valence-corrected chi connectivity index (χ4v) is 2.46. The lowest BCUT2D eigenvalue weighted by Gasteiger charge is -2.26. The fraction of sp³-hybridized carbons (Fsp3) is 0.0909. The number of nitrogens with zero attached hydrogens (tertiary/aromatic N) is 1. The molecule has 0 radical (unpaired) electrons. The smallest absolute Gasteiger partial charge is 0.408 e. The summed E-state index contributed by atoms with van der Waals surface area (Å²) in [5.41, 5.74) is 0.764. The van der Waals surface area contributed by atoms with Gasteiger partial charge >= 0.3 is 12.2 Å². The Bertz CT molecular complexity index is 900. The molecule has 1 amide bonds. The van der Waals surface area contributed by atoms with Crippen molar-refractivity contribution in [3.8, 4) is 11.5 Å². The average Bonchev–Trinajstić information content (AvgIpc) is 2.73. The van der Waals surface area contributed by atoms with Gasteiger partial charge in [-0.1, -0.05) is 66.7 Å². The van der Waals surface area contributed by atoms with Gasteiger partial charge < -0.3 is 9.47 Å². The Balaban J connectivity index is 1.77. The summed E-state index contributed by atoms with van der Waals surface area (Å²) in [7, 11) is 0. The first-order chi connectivity index (χ1) is 13.6. The minimum Gasteiger partial charge on any atom is -0.408 e. The minimum absolute atomic E-state index is 0.302. The van der Waals surface area contributed by atoms with Crippen LogP contribution >= 0.6 is 0 Å². The molecule has 0 fully saturated rings. The van der Waals surface area contributed by atoms with E-state index in [0.717, 1.165) is 10.6 Å². The van der Waals surface area contributed by atoms with E-state index in [1.54, 1.807) is 67.6 Å². The van der Waals surface area contributed by atoms with E-state index in [4.69, 9.17) is 14.3 Å². The van der Waals surface area contributed by atoms with Gasteiger partial charge in [0.15, 0.2) is 0 Å². The normalized spacial score (nSPS) is 11.2. The Hall–Kier alpha value is -3.80. The van der Waals surface area contributed by atoms with Crippen molar-refractivity contribution in [3.05, 3.63) is 96.6 Å². The molecule has 0 N–H and O–H groups in total. The molecule has 1 unspecified atom stereocenters. The molecule has 3 rings (SSSR count). The first-order valence-electron chi connectivity index (χ1n) is 8.69. The molecule has 0 bridgehead atoms. The Morgan fingerprint density at radius 2 is 1.18 bits per heavy atom. The molecule has 0 heterocycles. The highest BCUT2D eigenvalue weighted by atomic mass is 16.8. The van der Waals surface area contributed by atoms with Crippen LogP contribution in [0.1, 0.15) is 18.5 Å². The Morgan fingerprint density at radius 3 is 1.71 bits per heavy atom. The number of hydrogen-bond acceptors (Lipinski definition) is 5. The minimum atomic E-state index is -1.04. The second kappa shape index (κ2) is 9.23. The van der Waals surface area contributed by atoms with Crippen LogP contribution in [0.2, 0.25) is 0 Å². The van der Waals surface area contributed by atoms with Crippen molar-refractivity contribution in [2.75, 3.05) is 0 Å². The first kappa shape index (κ1) is 19.0. The number of para-hydroxylation sites is 2. The molecule has 0 aliphatic rings. The van der Waals surface area contributed by atoms with Crippen molar-refractivity contribution in [2.45, 2.75) is 13.0 Å². The highest BCUT2D eigenvalue weighted by molar-refractivity contribution is 5.73. The van der Waals surface area contributed by atoms with Crippen LogP contribution in [-0.4, -0.2) is 17.3 Å². The molecule has 6 heteroatoms. The average molecular weight is 377 g/mol. The number of hydrogen-bond donors (Lipinski definition) is 0. The third-order valence-corrected chi connectivity index (χ3v) is 3.88. The zero-order valence-corrected chi connectivity index (χ0v) is 15.2. The molecule has 0 saturated heterocycles. The molecule has 0 spiro atoms. The van der Waals surface area contributed by atoms with Gasteiger partial charge in [0.05, 0.1) is 6.04 Å². The maximum absolute atomic E-state index is 12.7. The fourth-order valence-electron chi connectivity index (χ4n) is 2.46. The third-order valence-electron chi connectivity index (χ3n) is 3.88. The lowest BCUT2D eigenvalue weighted by Crippen LogP contribution is -2.38. The molecular formula is C22H19NO5. The Morgan fingerprint density at radius 1 is 0.714 bits per heavy atom. The van der Waals surface area contributed by atoms with Crippen LogP contribution in [0.3, 0.4) is 0 Å². The van der Waals surface area contributed by atoms with E-state index in [1.807, 2.05) is 30.3 Å². The summed E-state index contributed by atoms with van der Waals surface area (Å²) >= 11 is 0. The monoisotopic (exact) mass is 377 g/mol. The van der Waals surface area contributed by atoms with E-state index in [1.165, 1.54) is 0 Å². The van der Waals surface area contributed by atoms with Crippen LogP contribution in [-0.2, 0) is 4.84 Å². The number of rotatable bonds is 4. The van der Waals surface area contributed by atoms with E-state index < -0.39 is 18.3 Å². The van der Waals surface area contributed by atoms with Crippen molar-refractivity contribution in [1.29, 1.82) is 0 Å². The van der Waals surface area contributed by atoms with Gasteiger partial charge in [0.25, 0.3) is 0 Å². The van der Waals surface area contributed by atoms with Crippen LogP contribution in [0.15, 0.2) is 91.0 Å². The number of benzene rings is 3. The number of hydroxylamine groups is 2. The van der Waals surface area contributed by atoms with Crippen molar-refractivity contribution in [2.24, 2.45) is 0 Å². The van der Waals surface area contributed by atoms with E-state index in [-0.39, 0.29) is 0 Å². The molecule has 0 aliphatic heterocycles. The molecule has 3 aromatic rings. The van der Waals surface area contributed by atoms with Gasteiger partial charge in [-0.2, -0.15) is 0 Å². The van der Waals surface area contributed by atoms with Crippen LogP contribution < -0.4 is 9.47 Å². The van der Waals surface area contributed by atoms with Gasteiger partial charge in [-0.25, -0.2) is 9.59 Å². The van der Waals surface area contributed by atoms with Gasteiger partial charge in [0.2, 0.25) is 0 Å². The van der Waals surface area contributed by atoms with Crippen LogP contribution in [0, 0.1) is 0 Å². The molecule has 0 aromatic heterocycles. The van der Waals surface area contributed by atoms with Gasteiger partial charge in [0, 0.05) is 0 Å². The van der Waals surface area contributed by atoms with Crippen molar-refractivity contribution < 1.29 is 23.9 Å². The van der Waals surface area contributed by atoms with Crippen molar-refractivity contribution in [1.82, 2.24) is 5.06 Å². The van der Waals surface area contributed by atoms with E-state index in [9.17, 15) is 9.59 Å². The quantitative estimate of drug-likeness (QED) is 0.347. The third kappa shape index (κ3) is 5.11. The summed E-state index contributed by atoms with van der Waals surface area (Å²) in [6.07, 6.45) is -1.88. The second-order valence-electron chi connectivity index (χ2n) is 5.85. The lowest BCUT2D eigenvalue weighted by atomic mass is 10.1. The summed E-state index contributed by atoms with van der Waals surface area (Å²) in [5.74, 6) is 0.633. The molecule has 0 aliphatic carbocycles. The Kier molecular flexibility index (Phi) is 6.25. The summed E-state index contributed by atoms with van der Waals surface area (Å²) in [5, 5.41) is 0.855. The zero-order chi connectivity index (χ0) is 19.8. The molecule has 1 atom stereocenters. The number of carbonyl (C=O) groups is 2. The van der Waals surface area contributed by atoms with E-state index in [2.05, 4.69) is 0 Å². The summed E-state index contributed by atoms with van der Waals surface area (Å²) in [6.45, 7) is 1.72. The van der Waals surface area contributed by atoms with Gasteiger partial charge in [-0.3, -0.25) is 4.84 Å². The Labute approximate surface area is 162 Å². The number of ether oxygens (including phenoxy) is 2. The van der Waals surface area contributed by atoms with Gasteiger partial charge in [-0.15, -0.1) is 5.06 Å². The lowest BCUT2D eigenvalue weighted by molar-refractivity contribution is -0.113. The predicted molar refractivity (Wildman–Crippen MR) is 103 cm³/mol. The van der Waals surface area contributed by atoms with E-state index >= 15 is 0 Å². The molecule has 3 aromatic carbocycles. The molecule has 6 nitrogen and oxygen atoms in total. The summed E-state index contributed by atoms with van der Waals surface area (Å²) in [4.78, 5) is 30.1. The number of carbonyl (C=O) groups excluding carboxylic acids is 2. The second-order valence-corrected chi connectivity index (χ2v) is 5.85. The molecule has 142 valence electrons. The summed E-state index contributed by atoms with van der Waals surface area (Å²) in [6, 6.07) is 25.5. The molecular weight excluding hydrogens is 358 g/mol. The maximum atomic E-state index is 12.7. The highest BCUT2D eigenvalue weighted by Crippen LogP contribution is 2.23. The molecule has 0 saturated carbocycles. The molecule has 28 heavy (non-hydrogen) atoms. The van der Waals surface area contributed by atoms with Crippen LogP contribution in [0.5, 0.6) is 11.5 Å². The van der Waals surface area contributed by atoms with Crippen LogP contribution in [0.25, 0.3) is 0 Å². The summed E-state index contributed by atoms with van der Waals surface area (Å²) < 4.78 is 10.4. The van der Waals surface area contributed by atoms with Crippen molar-refractivity contribution in [3.63, 3.8) is 0 Å². The van der Waals surface area contributed by atoms with Crippen molar-refractivity contribution >= 4 is 12.2 Å². The topological polar surface area (TPSA) is 65.1 Å². The standard InChI is InChI=1S/C22H19NO5/c1-17(18-11-5-2-6-12-18)23(21(24)26-19-13-7-3-8-14-19)28-22(25)27-20-15-9-4-10-16-20/h2-17H,1H3. The highest BCUT2D eigenvalue weighted by Gasteiger charge is 2.29. The predicted octanol–water partition coefficient (Wildman–Crippen LogP) is 5.38. The number of amides is 1. The first-order valence-corrected chi connectivity index (χ1v) is 8.69. The maximum Gasteiger partial charge on any atom is 0.539 e. The van der Waals surface area contributed by atoms with Gasteiger partial charge in [0.1, 0.15) is 11.5 Å². The zero-order valence-electron chi connectivity index (χ0n) is 15.2.